The number of carbonyl (C=O) groups excluding carboxylic acids is 1. The summed E-state index contributed by atoms with van der Waals surface area (Å²) in [5.41, 5.74) is 2.56. The van der Waals surface area contributed by atoms with Crippen molar-refractivity contribution in [1.82, 2.24) is 4.98 Å². The normalized spacial score (nSPS) is 18.0. The Labute approximate surface area is 141 Å². The maximum Gasteiger partial charge on any atom is 0.309 e. The van der Waals surface area contributed by atoms with Gasteiger partial charge >= 0.3 is 5.97 Å². The number of esters is 1. The lowest BCUT2D eigenvalue weighted by Crippen LogP contribution is -2.08. The average molecular weight is 316 g/mol. The second-order valence-electron chi connectivity index (χ2n) is 5.64. The molecule has 0 bridgehead atoms. The summed E-state index contributed by atoms with van der Waals surface area (Å²) in [5, 5.41) is 8.73. The molecule has 1 aliphatic rings. The van der Waals surface area contributed by atoms with E-state index >= 15 is 0 Å². The molecule has 2 aromatic rings. The first-order valence-electron chi connectivity index (χ1n) is 7.83. The molecule has 4 nitrogen and oxygen atoms in total. The molecule has 1 fully saturated rings. The average Bonchev–Trinajstić information content (AvgIpc) is 3.43. The van der Waals surface area contributed by atoms with Gasteiger partial charge in [-0.15, -0.1) is 0 Å². The minimum atomic E-state index is -0.149. The third-order valence-electron chi connectivity index (χ3n) is 3.92. The summed E-state index contributed by atoms with van der Waals surface area (Å²) in [6, 6.07) is 13.0. The zero-order valence-electron chi connectivity index (χ0n) is 13.1. The van der Waals surface area contributed by atoms with Crippen LogP contribution in [0.4, 0.5) is 0 Å². The van der Waals surface area contributed by atoms with Crippen molar-refractivity contribution in [3.05, 3.63) is 65.5 Å². The van der Waals surface area contributed by atoms with Crippen molar-refractivity contribution in [2.45, 2.75) is 18.8 Å². The van der Waals surface area contributed by atoms with Crippen LogP contribution in [0.1, 0.15) is 35.4 Å². The van der Waals surface area contributed by atoms with E-state index in [4.69, 9.17) is 10.00 Å². The molecule has 1 heterocycles. The highest BCUT2D eigenvalue weighted by molar-refractivity contribution is 5.77. The summed E-state index contributed by atoms with van der Waals surface area (Å²) in [4.78, 5) is 16.0. The number of hydrogen-bond acceptors (Lipinski definition) is 4. The molecule has 0 radical (unpaired) electrons. The van der Waals surface area contributed by atoms with Crippen molar-refractivity contribution in [3.63, 3.8) is 0 Å². The Kier molecular flexibility index (Phi) is 4.89. The van der Waals surface area contributed by atoms with Crippen LogP contribution in [-0.4, -0.2) is 17.6 Å². The molecule has 0 unspecified atom stereocenters. The lowest BCUT2D eigenvalue weighted by molar-refractivity contribution is -0.145. The highest BCUT2D eigenvalue weighted by Crippen LogP contribution is 2.47. The molecule has 118 valence electrons. The van der Waals surface area contributed by atoms with Gasteiger partial charge in [-0.3, -0.25) is 9.78 Å². The fraction of sp³-hybridized carbons (Fsp3) is 0.250. The van der Waals surface area contributed by atoms with Gasteiger partial charge in [0.25, 0.3) is 0 Å². The SMILES string of the molecule is N#Cc1ccc(C#CCCOC(=O)[C@@H]2C[C@H]2c2cccnc2)cc1. The van der Waals surface area contributed by atoms with E-state index in [9.17, 15) is 4.79 Å². The smallest absolute Gasteiger partial charge is 0.309 e. The van der Waals surface area contributed by atoms with E-state index in [1.807, 2.05) is 12.1 Å². The zero-order valence-corrected chi connectivity index (χ0v) is 13.1. The van der Waals surface area contributed by atoms with E-state index in [2.05, 4.69) is 22.9 Å². The Morgan fingerprint density at radius 3 is 2.75 bits per heavy atom. The van der Waals surface area contributed by atoms with Crippen molar-refractivity contribution >= 4 is 5.97 Å². The summed E-state index contributed by atoms with van der Waals surface area (Å²) < 4.78 is 5.29. The lowest BCUT2D eigenvalue weighted by atomic mass is 10.1. The summed E-state index contributed by atoms with van der Waals surface area (Å²) in [5.74, 6) is 6.02. The maximum absolute atomic E-state index is 12.0. The van der Waals surface area contributed by atoms with Crippen LogP contribution in [0.25, 0.3) is 0 Å². The minimum Gasteiger partial charge on any atom is -0.464 e. The number of aromatic nitrogens is 1. The van der Waals surface area contributed by atoms with Gasteiger partial charge in [-0.2, -0.15) is 5.26 Å². The van der Waals surface area contributed by atoms with Crippen molar-refractivity contribution in [1.29, 1.82) is 5.26 Å². The summed E-state index contributed by atoms with van der Waals surface area (Å²) in [6.45, 7) is 0.304. The Morgan fingerprint density at radius 2 is 2.04 bits per heavy atom. The van der Waals surface area contributed by atoms with Gasteiger partial charge in [0.2, 0.25) is 0 Å². The summed E-state index contributed by atoms with van der Waals surface area (Å²) in [7, 11) is 0. The molecule has 4 heteroatoms. The topological polar surface area (TPSA) is 63.0 Å². The van der Waals surface area contributed by atoms with Crippen LogP contribution >= 0.6 is 0 Å². The van der Waals surface area contributed by atoms with Gasteiger partial charge < -0.3 is 4.74 Å². The molecule has 0 aliphatic heterocycles. The number of nitrogens with zero attached hydrogens (tertiary/aromatic N) is 2. The van der Waals surface area contributed by atoms with Crippen LogP contribution in [0, 0.1) is 29.1 Å². The van der Waals surface area contributed by atoms with Gasteiger partial charge in [-0.05, 0) is 48.2 Å². The first-order valence-corrected chi connectivity index (χ1v) is 7.83. The molecule has 1 aromatic carbocycles. The van der Waals surface area contributed by atoms with Crippen LogP contribution in [0.3, 0.4) is 0 Å². The van der Waals surface area contributed by atoms with E-state index in [-0.39, 0.29) is 17.8 Å². The fourth-order valence-corrected chi connectivity index (χ4v) is 2.52. The van der Waals surface area contributed by atoms with Crippen LogP contribution < -0.4 is 0 Å². The molecule has 24 heavy (non-hydrogen) atoms. The largest absolute Gasteiger partial charge is 0.464 e. The number of rotatable bonds is 4. The third-order valence-corrected chi connectivity index (χ3v) is 3.92. The second-order valence-corrected chi connectivity index (χ2v) is 5.64. The Bertz CT molecular complexity index is 811. The summed E-state index contributed by atoms with van der Waals surface area (Å²) >= 11 is 0. The molecule has 1 aromatic heterocycles. The minimum absolute atomic E-state index is 0.0410. The molecule has 2 atom stereocenters. The highest BCUT2D eigenvalue weighted by atomic mass is 16.5. The van der Waals surface area contributed by atoms with E-state index in [1.54, 1.807) is 36.7 Å². The van der Waals surface area contributed by atoms with Crippen LogP contribution in [0.5, 0.6) is 0 Å². The van der Waals surface area contributed by atoms with Gasteiger partial charge in [0.05, 0.1) is 17.6 Å². The van der Waals surface area contributed by atoms with Gasteiger partial charge in [-0.1, -0.05) is 17.9 Å². The van der Waals surface area contributed by atoms with Gasteiger partial charge in [0.1, 0.15) is 6.61 Å². The van der Waals surface area contributed by atoms with Crippen LogP contribution in [0.15, 0.2) is 48.8 Å². The van der Waals surface area contributed by atoms with Gasteiger partial charge in [0.15, 0.2) is 0 Å². The van der Waals surface area contributed by atoms with Crippen LogP contribution in [0.2, 0.25) is 0 Å². The van der Waals surface area contributed by atoms with E-state index in [0.717, 1.165) is 17.5 Å². The zero-order chi connectivity index (χ0) is 16.8. The third kappa shape index (κ3) is 4.00. The number of carbonyl (C=O) groups is 1. The molecule has 1 aliphatic carbocycles. The number of ether oxygens (including phenoxy) is 1. The molecule has 0 N–H and O–H groups in total. The highest BCUT2D eigenvalue weighted by Gasteiger charge is 2.45. The molecular formula is C20H16N2O2. The quantitative estimate of drug-likeness (QED) is 0.494. The van der Waals surface area contributed by atoms with E-state index in [0.29, 0.717) is 18.6 Å². The first kappa shape index (κ1) is 15.8. The number of pyridine rings is 1. The molecule has 0 spiro atoms. The standard InChI is InChI=1S/C20H16N2O2/c21-13-16-8-6-15(7-9-16)4-1-2-11-24-20(23)19-12-18(19)17-5-3-10-22-14-17/h3,5-10,14,18-19H,2,11-12H2/t18-,19+/m0/s1. The Balaban J connectivity index is 1.40. The number of hydrogen-bond donors (Lipinski definition) is 0. The molecular weight excluding hydrogens is 300 g/mol. The lowest BCUT2D eigenvalue weighted by Gasteiger charge is -2.02. The monoisotopic (exact) mass is 316 g/mol. The maximum atomic E-state index is 12.0. The van der Waals surface area contributed by atoms with E-state index in [1.165, 1.54) is 0 Å². The van der Waals surface area contributed by atoms with Gasteiger partial charge in [0, 0.05) is 24.4 Å². The number of benzene rings is 1. The second kappa shape index (κ2) is 7.44. The molecule has 0 amide bonds. The van der Waals surface area contributed by atoms with Crippen molar-refractivity contribution in [3.8, 4) is 17.9 Å². The predicted octanol–water partition coefficient (Wildman–Crippen LogP) is 3.04. The first-order chi connectivity index (χ1) is 11.8. The molecule has 1 saturated carbocycles. The van der Waals surface area contributed by atoms with Crippen molar-refractivity contribution in [2.24, 2.45) is 5.92 Å². The molecule has 3 rings (SSSR count). The van der Waals surface area contributed by atoms with E-state index < -0.39 is 0 Å². The molecule has 0 saturated heterocycles. The number of nitriles is 1. The van der Waals surface area contributed by atoms with Crippen molar-refractivity contribution in [2.75, 3.05) is 6.61 Å². The van der Waals surface area contributed by atoms with Crippen LogP contribution in [-0.2, 0) is 9.53 Å². The van der Waals surface area contributed by atoms with Gasteiger partial charge in [-0.25, -0.2) is 0 Å². The Morgan fingerprint density at radius 1 is 1.25 bits per heavy atom. The predicted molar refractivity (Wildman–Crippen MR) is 88.7 cm³/mol. The van der Waals surface area contributed by atoms with Crippen molar-refractivity contribution < 1.29 is 9.53 Å². The Hall–Kier alpha value is -3.11. The summed E-state index contributed by atoms with van der Waals surface area (Å²) in [6.07, 6.45) is 4.87. The fourth-order valence-electron chi connectivity index (χ4n) is 2.52.